The first kappa shape index (κ1) is 24.7. The summed E-state index contributed by atoms with van der Waals surface area (Å²) in [6.45, 7) is 4.33. The van der Waals surface area contributed by atoms with Crippen molar-refractivity contribution in [1.82, 2.24) is 9.62 Å². The van der Waals surface area contributed by atoms with Crippen LogP contribution in [0.3, 0.4) is 0 Å². The van der Waals surface area contributed by atoms with Gasteiger partial charge in [-0.2, -0.15) is 4.31 Å². The van der Waals surface area contributed by atoms with Gasteiger partial charge < -0.3 is 15.4 Å². The number of sulfonamides is 1. The maximum atomic E-state index is 13.1. The Morgan fingerprint density at radius 1 is 1.15 bits per heavy atom. The first-order valence-electron chi connectivity index (χ1n) is 11.1. The molecule has 1 fully saturated rings. The molecule has 2 aromatic rings. The van der Waals surface area contributed by atoms with Crippen LogP contribution in [-0.2, 0) is 14.8 Å². The van der Waals surface area contributed by atoms with Crippen molar-refractivity contribution >= 4 is 27.5 Å². The second-order valence-corrected chi connectivity index (χ2v) is 10.1. The lowest BCUT2D eigenvalue weighted by molar-refractivity contribution is -0.120. The summed E-state index contributed by atoms with van der Waals surface area (Å²) >= 11 is 0. The molecular weight excluding hydrogens is 442 g/mol. The Bertz CT molecular complexity index is 1090. The van der Waals surface area contributed by atoms with Gasteiger partial charge in [0.1, 0.15) is 5.75 Å². The Morgan fingerprint density at radius 2 is 1.85 bits per heavy atom. The highest BCUT2D eigenvalue weighted by atomic mass is 32.2. The first-order valence-corrected chi connectivity index (χ1v) is 12.5. The number of carbonyl (C=O) groups is 2. The minimum atomic E-state index is -3.73. The van der Waals surface area contributed by atoms with Crippen molar-refractivity contribution in [1.29, 1.82) is 0 Å². The molecule has 0 saturated carbocycles. The number of anilines is 1. The van der Waals surface area contributed by atoms with E-state index in [1.165, 1.54) is 23.5 Å². The fraction of sp³-hybridized carbons (Fsp3) is 0.417. The van der Waals surface area contributed by atoms with Gasteiger partial charge in [-0.15, -0.1) is 0 Å². The van der Waals surface area contributed by atoms with Gasteiger partial charge in [0.15, 0.2) is 0 Å². The Balaban J connectivity index is 1.72. The zero-order valence-electron chi connectivity index (χ0n) is 19.2. The molecule has 2 N–H and O–H groups in total. The molecule has 8 nitrogen and oxygen atoms in total. The van der Waals surface area contributed by atoms with E-state index in [2.05, 4.69) is 10.6 Å². The van der Waals surface area contributed by atoms with Crippen LogP contribution in [0.5, 0.6) is 5.75 Å². The van der Waals surface area contributed by atoms with Crippen LogP contribution in [0.1, 0.15) is 43.5 Å². The third-order valence-electron chi connectivity index (χ3n) is 5.87. The summed E-state index contributed by atoms with van der Waals surface area (Å²) in [6, 6.07) is 13.0. The van der Waals surface area contributed by atoms with Crippen molar-refractivity contribution in [2.45, 2.75) is 44.0 Å². The molecule has 0 radical (unpaired) electrons. The lowest BCUT2D eigenvalue weighted by Crippen LogP contribution is -2.43. The number of ether oxygens (including phenoxy) is 1. The van der Waals surface area contributed by atoms with Crippen molar-refractivity contribution in [3.63, 3.8) is 0 Å². The molecule has 0 aromatic heterocycles. The first-order chi connectivity index (χ1) is 15.8. The molecule has 1 heterocycles. The van der Waals surface area contributed by atoms with Gasteiger partial charge in [-0.05, 0) is 62.6 Å². The number of para-hydroxylation sites is 1. The predicted molar refractivity (Wildman–Crippen MR) is 127 cm³/mol. The molecule has 3 rings (SSSR count). The molecule has 0 unspecified atom stereocenters. The molecular formula is C24H31N3O5S. The number of nitrogens with zero attached hydrogens (tertiary/aromatic N) is 1. The summed E-state index contributed by atoms with van der Waals surface area (Å²) in [7, 11) is -2.21. The average molecular weight is 474 g/mol. The van der Waals surface area contributed by atoms with E-state index in [9.17, 15) is 18.0 Å². The maximum absolute atomic E-state index is 13.1. The average Bonchev–Trinajstić information content (AvgIpc) is 2.84. The normalized spacial score (nSPS) is 17.7. The largest absolute Gasteiger partial charge is 0.497 e. The van der Waals surface area contributed by atoms with E-state index in [1.807, 2.05) is 13.8 Å². The van der Waals surface area contributed by atoms with E-state index in [-0.39, 0.29) is 29.3 Å². The van der Waals surface area contributed by atoms with Gasteiger partial charge in [0.25, 0.3) is 5.91 Å². The summed E-state index contributed by atoms with van der Waals surface area (Å²) in [6.07, 6.45) is 1.94. The standard InChI is InChI=1S/C24H31N3O5S/c1-4-17(2)25-24(29)21-9-5-6-10-22(21)26-23(28)18-8-7-15-27(16-18)33(30,31)20-13-11-19(32-3)12-14-20/h5-6,9-14,17-18H,4,7-8,15-16H2,1-3H3,(H,25,29)(H,26,28)/t17-,18-/m0/s1. The van der Waals surface area contributed by atoms with E-state index in [0.717, 1.165) is 6.42 Å². The van der Waals surface area contributed by atoms with Crippen molar-refractivity contribution in [3.05, 3.63) is 54.1 Å². The van der Waals surface area contributed by atoms with Gasteiger partial charge >= 0.3 is 0 Å². The molecule has 2 atom stereocenters. The van der Waals surface area contributed by atoms with Crippen LogP contribution < -0.4 is 15.4 Å². The number of rotatable bonds is 8. The van der Waals surface area contributed by atoms with E-state index in [1.54, 1.807) is 36.4 Å². The third-order valence-corrected chi connectivity index (χ3v) is 7.75. The summed E-state index contributed by atoms with van der Waals surface area (Å²) in [4.78, 5) is 25.8. The second kappa shape index (κ2) is 10.8. The van der Waals surface area contributed by atoms with Crippen LogP contribution in [0.25, 0.3) is 0 Å². The molecule has 1 saturated heterocycles. The molecule has 33 heavy (non-hydrogen) atoms. The highest BCUT2D eigenvalue weighted by Crippen LogP contribution is 2.26. The molecule has 1 aliphatic rings. The van der Waals surface area contributed by atoms with Gasteiger partial charge in [-0.25, -0.2) is 8.42 Å². The second-order valence-electron chi connectivity index (χ2n) is 8.20. The van der Waals surface area contributed by atoms with E-state index >= 15 is 0 Å². The van der Waals surface area contributed by atoms with Gasteiger partial charge in [0, 0.05) is 19.1 Å². The Kier molecular flexibility index (Phi) is 8.10. The molecule has 0 spiro atoms. The maximum Gasteiger partial charge on any atom is 0.253 e. The van der Waals surface area contributed by atoms with Crippen LogP contribution in [0, 0.1) is 5.92 Å². The van der Waals surface area contributed by atoms with Crippen LogP contribution in [0.4, 0.5) is 5.69 Å². The van der Waals surface area contributed by atoms with E-state index in [0.29, 0.717) is 36.4 Å². The molecule has 0 aliphatic carbocycles. The van der Waals surface area contributed by atoms with Crippen LogP contribution in [0.2, 0.25) is 0 Å². The minimum absolute atomic E-state index is 0.0105. The molecule has 178 valence electrons. The Labute approximate surface area is 195 Å². The summed E-state index contributed by atoms with van der Waals surface area (Å²) in [5, 5.41) is 5.75. The number of amides is 2. The molecule has 2 amide bonds. The van der Waals surface area contributed by atoms with Gasteiger partial charge in [0.2, 0.25) is 15.9 Å². The van der Waals surface area contributed by atoms with Crippen molar-refractivity contribution in [2.24, 2.45) is 5.92 Å². The monoisotopic (exact) mass is 473 g/mol. The van der Waals surface area contributed by atoms with Gasteiger partial charge in [-0.3, -0.25) is 9.59 Å². The SMILES string of the molecule is CC[C@H](C)NC(=O)c1ccccc1NC(=O)[C@H]1CCCN(S(=O)(=O)c2ccc(OC)cc2)C1. The number of piperidine rings is 1. The highest BCUT2D eigenvalue weighted by Gasteiger charge is 2.33. The zero-order valence-corrected chi connectivity index (χ0v) is 20.0. The topological polar surface area (TPSA) is 105 Å². The summed E-state index contributed by atoms with van der Waals surface area (Å²) < 4.78 is 32.6. The number of hydrogen-bond acceptors (Lipinski definition) is 5. The number of hydrogen-bond donors (Lipinski definition) is 2. The van der Waals surface area contributed by atoms with Gasteiger partial charge in [0.05, 0.1) is 29.2 Å². The number of methoxy groups -OCH3 is 1. The summed E-state index contributed by atoms with van der Waals surface area (Å²) in [5.41, 5.74) is 0.795. The van der Waals surface area contributed by atoms with E-state index in [4.69, 9.17) is 4.74 Å². The number of nitrogens with one attached hydrogen (secondary N) is 2. The van der Waals surface area contributed by atoms with Crippen molar-refractivity contribution < 1.29 is 22.7 Å². The lowest BCUT2D eigenvalue weighted by Gasteiger charge is -2.31. The Morgan fingerprint density at radius 3 is 2.52 bits per heavy atom. The number of carbonyl (C=O) groups excluding carboxylic acids is 2. The molecule has 9 heteroatoms. The minimum Gasteiger partial charge on any atom is -0.497 e. The van der Waals surface area contributed by atoms with Crippen LogP contribution in [0.15, 0.2) is 53.4 Å². The highest BCUT2D eigenvalue weighted by molar-refractivity contribution is 7.89. The fourth-order valence-electron chi connectivity index (χ4n) is 3.70. The predicted octanol–water partition coefficient (Wildman–Crippen LogP) is 3.26. The number of benzene rings is 2. The van der Waals surface area contributed by atoms with Gasteiger partial charge in [-0.1, -0.05) is 19.1 Å². The summed E-state index contributed by atoms with van der Waals surface area (Å²) in [5.74, 6) is -0.501. The van der Waals surface area contributed by atoms with Crippen molar-refractivity contribution in [3.8, 4) is 5.75 Å². The van der Waals surface area contributed by atoms with Crippen molar-refractivity contribution in [2.75, 3.05) is 25.5 Å². The molecule has 0 bridgehead atoms. The molecule has 2 aromatic carbocycles. The Hall–Kier alpha value is -2.91. The molecule has 1 aliphatic heterocycles. The zero-order chi connectivity index (χ0) is 24.0. The van der Waals surface area contributed by atoms with Crippen LogP contribution in [-0.4, -0.2) is 50.8 Å². The van der Waals surface area contributed by atoms with E-state index < -0.39 is 15.9 Å². The smallest absolute Gasteiger partial charge is 0.253 e. The fourth-order valence-corrected chi connectivity index (χ4v) is 5.22. The lowest BCUT2D eigenvalue weighted by atomic mass is 9.98. The quantitative estimate of drug-likeness (QED) is 0.612. The van der Waals surface area contributed by atoms with Crippen LogP contribution >= 0.6 is 0 Å². The third kappa shape index (κ3) is 5.91.